The maximum atomic E-state index is 5.47. The number of hydrogen-bond acceptors (Lipinski definition) is 4. The number of rotatable bonds is 3. The minimum atomic E-state index is 0.647. The molecule has 2 heterocycles. The first kappa shape index (κ1) is 9.36. The summed E-state index contributed by atoms with van der Waals surface area (Å²) in [6.45, 7) is 0.647. The van der Waals surface area contributed by atoms with Crippen LogP contribution in [0.1, 0.15) is 5.69 Å². The second-order valence-corrected chi connectivity index (χ2v) is 3.93. The van der Waals surface area contributed by atoms with E-state index in [1.807, 2.05) is 17.8 Å². The minimum absolute atomic E-state index is 0.647. The molecule has 0 fully saturated rings. The van der Waals surface area contributed by atoms with Gasteiger partial charge >= 0.3 is 0 Å². The zero-order chi connectivity index (χ0) is 9.97. The van der Waals surface area contributed by atoms with Crippen LogP contribution in [-0.4, -0.2) is 21.1 Å². The smallest absolute Gasteiger partial charge is 0.141 e. The number of thiazole rings is 1. The van der Waals surface area contributed by atoms with Gasteiger partial charge in [0.2, 0.25) is 0 Å². The van der Waals surface area contributed by atoms with E-state index in [0.29, 0.717) is 6.54 Å². The van der Waals surface area contributed by atoms with E-state index in [1.165, 1.54) is 0 Å². The molecule has 0 aliphatic heterocycles. The zero-order valence-electron chi connectivity index (χ0n) is 7.97. The maximum absolute atomic E-state index is 5.47. The molecule has 2 rings (SSSR count). The van der Waals surface area contributed by atoms with Crippen molar-refractivity contribution in [3.05, 3.63) is 23.6 Å². The molecule has 0 bridgehead atoms. The number of aryl methyl sites for hydroxylation is 1. The average molecular weight is 208 g/mol. The Kier molecular flexibility index (Phi) is 2.60. The molecular weight excluding hydrogens is 196 g/mol. The van der Waals surface area contributed by atoms with Crippen LogP contribution in [0.15, 0.2) is 17.9 Å². The molecule has 0 aliphatic rings. The molecule has 2 aromatic heterocycles. The molecule has 0 radical (unpaired) electrons. The van der Waals surface area contributed by atoms with Crippen LogP contribution in [-0.2, 0) is 13.5 Å². The minimum Gasteiger partial charge on any atom is -0.332 e. The lowest BCUT2D eigenvalue weighted by Gasteiger charge is -1.95. The standard InChI is InChI=1S/C9H12N4S/c1-13-6-11-4-8(13)9-12-7(2-3-10)5-14-9/h4-6H,2-3,10H2,1H3. The van der Waals surface area contributed by atoms with Crippen LogP contribution >= 0.6 is 11.3 Å². The molecule has 0 amide bonds. The third-order valence-electron chi connectivity index (χ3n) is 1.99. The summed E-state index contributed by atoms with van der Waals surface area (Å²) in [6.07, 6.45) is 4.44. The quantitative estimate of drug-likeness (QED) is 0.820. The third kappa shape index (κ3) is 1.69. The van der Waals surface area contributed by atoms with Crippen LogP contribution in [0.3, 0.4) is 0 Å². The van der Waals surface area contributed by atoms with Crippen molar-refractivity contribution in [2.24, 2.45) is 12.8 Å². The number of hydrogen-bond donors (Lipinski definition) is 1. The summed E-state index contributed by atoms with van der Waals surface area (Å²) >= 11 is 1.63. The summed E-state index contributed by atoms with van der Waals surface area (Å²) in [5.41, 5.74) is 7.58. The largest absolute Gasteiger partial charge is 0.332 e. The highest BCUT2D eigenvalue weighted by Crippen LogP contribution is 2.22. The van der Waals surface area contributed by atoms with Gasteiger partial charge in [-0.25, -0.2) is 9.97 Å². The lowest BCUT2D eigenvalue weighted by molar-refractivity contribution is 0.910. The van der Waals surface area contributed by atoms with E-state index in [-0.39, 0.29) is 0 Å². The van der Waals surface area contributed by atoms with Crippen LogP contribution in [0.2, 0.25) is 0 Å². The number of nitrogens with zero attached hydrogens (tertiary/aromatic N) is 3. The molecule has 5 heteroatoms. The van der Waals surface area contributed by atoms with Crippen LogP contribution in [0, 0.1) is 0 Å². The Balaban J connectivity index is 2.29. The monoisotopic (exact) mass is 208 g/mol. The van der Waals surface area contributed by atoms with Crippen molar-refractivity contribution >= 4 is 11.3 Å². The fourth-order valence-corrected chi connectivity index (χ4v) is 2.16. The van der Waals surface area contributed by atoms with E-state index >= 15 is 0 Å². The molecule has 2 aromatic rings. The van der Waals surface area contributed by atoms with Gasteiger partial charge in [-0.05, 0) is 6.54 Å². The molecule has 0 saturated heterocycles. The Labute approximate surface area is 86.4 Å². The van der Waals surface area contributed by atoms with E-state index < -0.39 is 0 Å². The predicted molar refractivity (Wildman–Crippen MR) is 57.1 cm³/mol. The number of aromatic nitrogens is 3. The average Bonchev–Trinajstić information content (AvgIpc) is 2.74. The zero-order valence-corrected chi connectivity index (χ0v) is 8.79. The van der Waals surface area contributed by atoms with Gasteiger partial charge in [-0.15, -0.1) is 11.3 Å². The molecule has 4 nitrogen and oxygen atoms in total. The molecule has 0 aromatic carbocycles. The lowest BCUT2D eigenvalue weighted by Crippen LogP contribution is -2.02. The summed E-state index contributed by atoms with van der Waals surface area (Å²) in [5.74, 6) is 0. The number of nitrogens with two attached hydrogens (primary N) is 1. The van der Waals surface area contributed by atoms with Gasteiger partial charge in [0.25, 0.3) is 0 Å². The Morgan fingerprint density at radius 2 is 2.43 bits per heavy atom. The maximum Gasteiger partial charge on any atom is 0.141 e. The Morgan fingerprint density at radius 3 is 3.07 bits per heavy atom. The number of imidazole rings is 1. The first-order valence-electron chi connectivity index (χ1n) is 4.42. The van der Waals surface area contributed by atoms with E-state index in [4.69, 9.17) is 5.73 Å². The molecule has 0 atom stereocenters. The molecule has 0 unspecified atom stereocenters. The molecule has 0 saturated carbocycles. The molecule has 0 spiro atoms. The van der Waals surface area contributed by atoms with Crippen molar-refractivity contribution in [2.75, 3.05) is 6.54 Å². The Bertz CT molecular complexity index is 418. The fourth-order valence-electron chi connectivity index (χ4n) is 1.25. The second kappa shape index (κ2) is 3.89. The Hall–Kier alpha value is -1.20. The van der Waals surface area contributed by atoms with Crippen molar-refractivity contribution < 1.29 is 0 Å². The highest BCUT2D eigenvalue weighted by Gasteiger charge is 2.07. The van der Waals surface area contributed by atoms with Gasteiger partial charge in [0.1, 0.15) is 5.01 Å². The van der Waals surface area contributed by atoms with E-state index in [0.717, 1.165) is 22.8 Å². The summed E-state index contributed by atoms with van der Waals surface area (Å²) in [4.78, 5) is 8.54. The first-order chi connectivity index (χ1) is 6.81. The molecule has 74 valence electrons. The summed E-state index contributed by atoms with van der Waals surface area (Å²) in [7, 11) is 1.96. The van der Waals surface area contributed by atoms with E-state index in [2.05, 4.69) is 15.3 Å². The molecule has 14 heavy (non-hydrogen) atoms. The van der Waals surface area contributed by atoms with Gasteiger partial charge in [0.15, 0.2) is 0 Å². The summed E-state index contributed by atoms with van der Waals surface area (Å²) in [6, 6.07) is 0. The fraction of sp³-hybridized carbons (Fsp3) is 0.333. The SMILES string of the molecule is Cn1cncc1-c1nc(CCN)cs1. The second-order valence-electron chi connectivity index (χ2n) is 3.07. The molecule has 2 N–H and O–H groups in total. The lowest BCUT2D eigenvalue weighted by atomic mass is 10.3. The van der Waals surface area contributed by atoms with Crippen LogP contribution in [0.5, 0.6) is 0 Å². The van der Waals surface area contributed by atoms with E-state index in [9.17, 15) is 0 Å². The van der Waals surface area contributed by atoms with Gasteiger partial charge in [-0.1, -0.05) is 0 Å². The van der Waals surface area contributed by atoms with Crippen molar-refractivity contribution in [3.8, 4) is 10.7 Å². The normalized spacial score (nSPS) is 10.7. The van der Waals surface area contributed by atoms with Gasteiger partial charge < -0.3 is 10.3 Å². The highest BCUT2D eigenvalue weighted by molar-refractivity contribution is 7.13. The first-order valence-corrected chi connectivity index (χ1v) is 5.30. The topological polar surface area (TPSA) is 56.7 Å². The van der Waals surface area contributed by atoms with Crippen molar-refractivity contribution in [2.45, 2.75) is 6.42 Å². The highest BCUT2D eigenvalue weighted by atomic mass is 32.1. The van der Waals surface area contributed by atoms with Gasteiger partial charge in [0.05, 0.1) is 23.9 Å². The van der Waals surface area contributed by atoms with Crippen LogP contribution in [0.4, 0.5) is 0 Å². The van der Waals surface area contributed by atoms with Gasteiger partial charge in [-0.3, -0.25) is 0 Å². The molecular formula is C9H12N4S. The predicted octanol–water partition coefficient (Wildman–Crippen LogP) is 1.04. The Morgan fingerprint density at radius 1 is 1.57 bits per heavy atom. The third-order valence-corrected chi connectivity index (χ3v) is 2.90. The summed E-state index contributed by atoms with van der Waals surface area (Å²) < 4.78 is 1.96. The van der Waals surface area contributed by atoms with Crippen LogP contribution < -0.4 is 5.73 Å². The molecule has 0 aliphatic carbocycles. The van der Waals surface area contributed by atoms with Crippen molar-refractivity contribution in [1.29, 1.82) is 0 Å². The van der Waals surface area contributed by atoms with E-state index in [1.54, 1.807) is 17.7 Å². The summed E-state index contributed by atoms with van der Waals surface area (Å²) in [5, 5.41) is 3.06. The van der Waals surface area contributed by atoms with Crippen LogP contribution in [0.25, 0.3) is 10.7 Å². The van der Waals surface area contributed by atoms with Gasteiger partial charge in [-0.2, -0.15) is 0 Å². The van der Waals surface area contributed by atoms with Gasteiger partial charge in [0, 0.05) is 18.8 Å². The van der Waals surface area contributed by atoms with Crippen molar-refractivity contribution in [1.82, 2.24) is 14.5 Å². The van der Waals surface area contributed by atoms with Crippen molar-refractivity contribution in [3.63, 3.8) is 0 Å².